The predicted molar refractivity (Wildman–Crippen MR) is 129 cm³/mol. The Bertz CT molecular complexity index is 1240. The number of nitrogens with zero attached hydrogens (tertiary/aromatic N) is 1. The second kappa shape index (κ2) is 10.0. The molecule has 1 N–H and O–H groups in total. The van der Waals surface area contributed by atoms with E-state index in [0.717, 1.165) is 20.5 Å². The van der Waals surface area contributed by atoms with Gasteiger partial charge in [0.2, 0.25) is 0 Å². The minimum absolute atomic E-state index is 0.0680. The molecule has 172 valence electrons. The van der Waals surface area contributed by atoms with Gasteiger partial charge in [-0.1, -0.05) is 58.4 Å². The fraction of sp³-hybridized carbons (Fsp3) is 0.154. The van der Waals surface area contributed by atoms with Gasteiger partial charge in [-0.3, -0.25) is 19.3 Å². The van der Waals surface area contributed by atoms with Crippen LogP contribution in [0.3, 0.4) is 0 Å². The van der Waals surface area contributed by atoms with E-state index in [9.17, 15) is 19.2 Å². The number of hydrogen-bond donors (Lipinski definition) is 1. The maximum absolute atomic E-state index is 13.1. The number of amides is 3. The van der Waals surface area contributed by atoms with Crippen molar-refractivity contribution in [1.29, 1.82) is 0 Å². The first-order valence-corrected chi connectivity index (χ1v) is 11.4. The van der Waals surface area contributed by atoms with Gasteiger partial charge in [0.1, 0.15) is 6.04 Å². The van der Waals surface area contributed by atoms with Gasteiger partial charge in [0, 0.05) is 16.6 Å². The summed E-state index contributed by atoms with van der Waals surface area (Å²) in [7, 11) is 0. The second-order valence-corrected chi connectivity index (χ2v) is 8.76. The van der Waals surface area contributed by atoms with Crippen LogP contribution in [-0.2, 0) is 20.7 Å². The second-order valence-electron chi connectivity index (χ2n) is 7.85. The van der Waals surface area contributed by atoms with Crippen LogP contribution in [0.15, 0.2) is 77.3 Å². The van der Waals surface area contributed by atoms with Gasteiger partial charge >= 0.3 is 5.97 Å². The first-order valence-electron chi connectivity index (χ1n) is 10.6. The number of ether oxygens (including phenoxy) is 1. The van der Waals surface area contributed by atoms with Crippen LogP contribution in [0.1, 0.15) is 31.8 Å². The van der Waals surface area contributed by atoms with Crippen LogP contribution in [0, 0.1) is 6.92 Å². The molecule has 1 aliphatic heterocycles. The third-order valence-electron chi connectivity index (χ3n) is 5.49. The molecule has 1 aliphatic rings. The first-order chi connectivity index (χ1) is 16.3. The zero-order chi connectivity index (χ0) is 24.2. The quantitative estimate of drug-likeness (QED) is 0.373. The number of benzene rings is 3. The number of fused-ring (bicyclic) bond motifs is 1. The zero-order valence-electron chi connectivity index (χ0n) is 18.3. The molecule has 3 aromatic carbocycles. The van der Waals surface area contributed by atoms with E-state index in [1.54, 1.807) is 60.7 Å². The average Bonchev–Trinajstić information content (AvgIpc) is 3.08. The summed E-state index contributed by atoms with van der Waals surface area (Å²) in [6.45, 7) is 1.29. The van der Waals surface area contributed by atoms with Crippen LogP contribution in [0.25, 0.3) is 0 Å². The number of rotatable bonds is 7. The fourth-order valence-electron chi connectivity index (χ4n) is 3.79. The Hall–Kier alpha value is -3.78. The van der Waals surface area contributed by atoms with Crippen LogP contribution in [0.2, 0.25) is 0 Å². The number of esters is 1. The van der Waals surface area contributed by atoms with E-state index in [1.165, 1.54) is 0 Å². The standard InChI is InChI=1S/C26H21BrN2O5/c1-16-13-18(27)11-12-21(16)28-23(30)15-34-26(33)22(14-17-7-3-2-4-8-17)29-24(31)19-9-5-6-10-20(19)25(29)32/h2-13,22H,14-15H2,1H3,(H,28,30)/t22-/m1/s1. The van der Waals surface area contributed by atoms with Crippen molar-refractivity contribution in [2.75, 3.05) is 11.9 Å². The van der Waals surface area contributed by atoms with Crippen LogP contribution in [-0.4, -0.2) is 41.2 Å². The molecule has 34 heavy (non-hydrogen) atoms. The Kier molecular flexibility index (Phi) is 6.88. The summed E-state index contributed by atoms with van der Waals surface area (Å²) in [5, 5.41) is 2.70. The summed E-state index contributed by atoms with van der Waals surface area (Å²) >= 11 is 3.37. The smallest absolute Gasteiger partial charge is 0.330 e. The third kappa shape index (κ3) is 4.92. The highest BCUT2D eigenvalue weighted by Crippen LogP contribution is 2.26. The summed E-state index contributed by atoms with van der Waals surface area (Å²) in [4.78, 5) is 52.4. The highest BCUT2D eigenvalue weighted by Gasteiger charge is 2.43. The van der Waals surface area contributed by atoms with Crippen molar-refractivity contribution in [3.8, 4) is 0 Å². The lowest BCUT2D eigenvalue weighted by atomic mass is 10.0. The molecular formula is C26H21BrN2O5. The van der Waals surface area contributed by atoms with E-state index in [0.29, 0.717) is 5.69 Å². The van der Waals surface area contributed by atoms with Crippen molar-refractivity contribution in [2.45, 2.75) is 19.4 Å². The van der Waals surface area contributed by atoms with E-state index >= 15 is 0 Å². The molecule has 1 atom stereocenters. The van der Waals surface area contributed by atoms with E-state index in [4.69, 9.17) is 4.74 Å². The zero-order valence-corrected chi connectivity index (χ0v) is 19.9. The number of aryl methyl sites for hydroxylation is 1. The molecule has 0 saturated carbocycles. The number of hydrogen-bond acceptors (Lipinski definition) is 5. The molecule has 0 spiro atoms. The number of anilines is 1. The van der Waals surface area contributed by atoms with E-state index in [2.05, 4.69) is 21.2 Å². The van der Waals surface area contributed by atoms with Gasteiger partial charge in [-0.25, -0.2) is 4.79 Å². The van der Waals surface area contributed by atoms with Gasteiger partial charge in [0.25, 0.3) is 17.7 Å². The van der Waals surface area contributed by atoms with Crippen molar-refractivity contribution in [2.24, 2.45) is 0 Å². The lowest BCUT2D eigenvalue weighted by Crippen LogP contribution is -2.47. The molecule has 0 bridgehead atoms. The molecular weight excluding hydrogens is 500 g/mol. The van der Waals surface area contributed by atoms with Crippen LogP contribution >= 0.6 is 15.9 Å². The first kappa shape index (κ1) is 23.4. The SMILES string of the molecule is Cc1cc(Br)ccc1NC(=O)COC(=O)[C@@H](Cc1ccccc1)N1C(=O)c2ccccc2C1=O. The highest BCUT2D eigenvalue weighted by molar-refractivity contribution is 9.10. The highest BCUT2D eigenvalue weighted by atomic mass is 79.9. The topological polar surface area (TPSA) is 92.8 Å². The Morgan fingerprint density at radius 3 is 2.18 bits per heavy atom. The van der Waals surface area contributed by atoms with Crippen molar-refractivity contribution < 1.29 is 23.9 Å². The van der Waals surface area contributed by atoms with Crippen LogP contribution in [0.4, 0.5) is 5.69 Å². The Morgan fingerprint density at radius 2 is 1.56 bits per heavy atom. The molecule has 0 saturated heterocycles. The Labute approximate surface area is 204 Å². The number of imide groups is 1. The van der Waals surface area contributed by atoms with E-state index in [1.807, 2.05) is 19.1 Å². The average molecular weight is 521 g/mol. The van der Waals surface area contributed by atoms with Crippen molar-refractivity contribution in [3.63, 3.8) is 0 Å². The lowest BCUT2D eigenvalue weighted by molar-refractivity contribution is -0.151. The summed E-state index contributed by atoms with van der Waals surface area (Å²) in [6.07, 6.45) is 0.0680. The van der Waals surface area contributed by atoms with Gasteiger partial charge in [-0.2, -0.15) is 0 Å². The van der Waals surface area contributed by atoms with Gasteiger partial charge in [0.05, 0.1) is 11.1 Å². The van der Waals surface area contributed by atoms with E-state index in [-0.39, 0.29) is 17.5 Å². The molecule has 4 rings (SSSR count). The predicted octanol–water partition coefficient (Wildman–Crippen LogP) is 4.15. The molecule has 0 fully saturated rings. The number of halogens is 1. The fourth-order valence-corrected chi connectivity index (χ4v) is 4.27. The van der Waals surface area contributed by atoms with Gasteiger partial charge in [-0.05, 0) is 48.4 Å². The van der Waals surface area contributed by atoms with Gasteiger partial charge < -0.3 is 10.1 Å². The molecule has 3 aromatic rings. The lowest BCUT2D eigenvalue weighted by Gasteiger charge is -2.24. The number of nitrogens with one attached hydrogen (secondary N) is 1. The summed E-state index contributed by atoms with van der Waals surface area (Å²) in [6, 6.07) is 19.6. The molecule has 3 amide bonds. The van der Waals surface area contributed by atoms with Crippen molar-refractivity contribution in [3.05, 3.63) is 99.5 Å². The Balaban J connectivity index is 1.51. The number of carbonyl (C=O) groups excluding carboxylic acids is 4. The minimum Gasteiger partial charge on any atom is -0.454 e. The monoisotopic (exact) mass is 520 g/mol. The van der Waals surface area contributed by atoms with Gasteiger partial charge in [-0.15, -0.1) is 0 Å². The molecule has 7 nitrogen and oxygen atoms in total. The maximum atomic E-state index is 13.1. The van der Waals surface area contributed by atoms with E-state index < -0.39 is 36.3 Å². The largest absolute Gasteiger partial charge is 0.454 e. The third-order valence-corrected chi connectivity index (χ3v) is 5.98. The summed E-state index contributed by atoms with van der Waals surface area (Å²) in [5.41, 5.74) is 2.65. The summed E-state index contributed by atoms with van der Waals surface area (Å²) < 4.78 is 6.15. The molecule has 0 radical (unpaired) electrons. The maximum Gasteiger partial charge on any atom is 0.330 e. The molecule has 0 aliphatic carbocycles. The van der Waals surface area contributed by atoms with Gasteiger partial charge in [0.15, 0.2) is 6.61 Å². The number of carbonyl (C=O) groups is 4. The van der Waals surface area contributed by atoms with Crippen LogP contribution in [0.5, 0.6) is 0 Å². The molecule has 0 unspecified atom stereocenters. The van der Waals surface area contributed by atoms with Crippen molar-refractivity contribution in [1.82, 2.24) is 4.90 Å². The normalized spacial score (nSPS) is 13.4. The molecule has 8 heteroatoms. The molecule has 0 aromatic heterocycles. The molecule has 1 heterocycles. The van der Waals surface area contributed by atoms with Crippen LogP contribution < -0.4 is 5.32 Å². The van der Waals surface area contributed by atoms with Crippen molar-refractivity contribution >= 4 is 45.3 Å². The Morgan fingerprint density at radius 1 is 0.941 bits per heavy atom. The summed E-state index contributed by atoms with van der Waals surface area (Å²) in [5.74, 6) is -2.48. The minimum atomic E-state index is -1.21.